The number of benzene rings is 1. The molecule has 1 aromatic heterocycles. The fraction of sp³-hybridized carbons (Fsp3) is 0.286. The van der Waals surface area contributed by atoms with Crippen LogP contribution in [0.5, 0.6) is 0 Å². The summed E-state index contributed by atoms with van der Waals surface area (Å²) in [6.45, 7) is 0. The van der Waals surface area contributed by atoms with Crippen molar-refractivity contribution in [3.05, 3.63) is 44.0 Å². The van der Waals surface area contributed by atoms with E-state index in [0.717, 1.165) is 5.56 Å². The highest BCUT2D eigenvalue weighted by Gasteiger charge is 2.30. The van der Waals surface area contributed by atoms with Crippen LogP contribution in [0.4, 0.5) is 0 Å². The SMILES string of the molecule is COC(=O)C1CCc2cc(C#N)cc3[nH]c(=O)c(=O)n1c23. The summed E-state index contributed by atoms with van der Waals surface area (Å²) in [5.74, 6) is -0.556. The molecule has 106 valence electrons. The van der Waals surface area contributed by atoms with Gasteiger partial charge in [0.15, 0.2) is 0 Å². The van der Waals surface area contributed by atoms with Gasteiger partial charge in [0.2, 0.25) is 0 Å². The van der Waals surface area contributed by atoms with Crippen molar-refractivity contribution in [3.8, 4) is 6.07 Å². The first-order valence-corrected chi connectivity index (χ1v) is 6.36. The third kappa shape index (κ3) is 1.84. The van der Waals surface area contributed by atoms with Crippen molar-refractivity contribution < 1.29 is 9.53 Å². The van der Waals surface area contributed by atoms with Crippen LogP contribution in [-0.2, 0) is 16.0 Å². The number of carbonyl (C=O) groups excluding carboxylic acids is 1. The van der Waals surface area contributed by atoms with Gasteiger partial charge < -0.3 is 9.72 Å². The predicted molar refractivity (Wildman–Crippen MR) is 72.9 cm³/mol. The molecule has 1 aliphatic rings. The van der Waals surface area contributed by atoms with Gasteiger partial charge in [0.05, 0.1) is 29.8 Å². The zero-order valence-corrected chi connectivity index (χ0v) is 11.2. The van der Waals surface area contributed by atoms with Gasteiger partial charge in [-0.15, -0.1) is 0 Å². The van der Waals surface area contributed by atoms with Crippen molar-refractivity contribution in [1.82, 2.24) is 9.55 Å². The Bertz CT molecular complexity index is 917. The maximum absolute atomic E-state index is 12.1. The van der Waals surface area contributed by atoms with Gasteiger partial charge in [-0.05, 0) is 30.5 Å². The summed E-state index contributed by atoms with van der Waals surface area (Å²) in [6, 6.07) is 4.37. The number of esters is 1. The van der Waals surface area contributed by atoms with Crippen LogP contribution in [0, 0.1) is 11.3 Å². The first-order chi connectivity index (χ1) is 10.1. The third-order valence-corrected chi connectivity index (χ3v) is 3.69. The van der Waals surface area contributed by atoms with E-state index in [0.29, 0.717) is 29.4 Å². The Morgan fingerprint density at radius 1 is 1.48 bits per heavy atom. The van der Waals surface area contributed by atoms with Crippen LogP contribution in [-0.4, -0.2) is 22.6 Å². The first kappa shape index (κ1) is 13.1. The van der Waals surface area contributed by atoms with Crippen molar-refractivity contribution in [2.24, 2.45) is 0 Å². The minimum atomic E-state index is -0.820. The largest absolute Gasteiger partial charge is 0.467 e. The van der Waals surface area contributed by atoms with E-state index < -0.39 is 23.1 Å². The number of methoxy groups -OCH3 is 1. The first-order valence-electron chi connectivity index (χ1n) is 6.36. The van der Waals surface area contributed by atoms with E-state index in [1.165, 1.54) is 17.7 Å². The van der Waals surface area contributed by atoms with Gasteiger partial charge in [-0.1, -0.05) is 0 Å². The van der Waals surface area contributed by atoms with Gasteiger partial charge in [0, 0.05) is 0 Å². The zero-order valence-electron chi connectivity index (χ0n) is 11.2. The van der Waals surface area contributed by atoms with E-state index in [9.17, 15) is 14.4 Å². The summed E-state index contributed by atoms with van der Waals surface area (Å²) in [5.41, 5.74) is 0.415. The molecule has 0 spiro atoms. The molecule has 0 aliphatic carbocycles. The number of nitriles is 1. The molecule has 1 aromatic carbocycles. The second kappa shape index (κ2) is 4.59. The molecule has 1 unspecified atom stereocenters. The highest BCUT2D eigenvalue weighted by Crippen LogP contribution is 2.29. The Kier molecular flexibility index (Phi) is 2.87. The lowest BCUT2D eigenvalue weighted by atomic mass is 9.96. The van der Waals surface area contributed by atoms with Crippen LogP contribution in [0.25, 0.3) is 11.0 Å². The molecular formula is C14H11N3O4. The summed E-state index contributed by atoms with van der Waals surface area (Å²) in [4.78, 5) is 38.2. The van der Waals surface area contributed by atoms with Gasteiger partial charge in [-0.2, -0.15) is 5.26 Å². The molecule has 0 bridgehead atoms. The number of aromatic amines is 1. The standard InChI is InChI=1S/C14H11N3O4/c1-21-14(20)10-3-2-8-4-7(6-15)5-9-11(8)17(10)13(19)12(18)16-9/h4-5,10H,2-3H2,1H3,(H,16,18). The molecule has 0 amide bonds. The average molecular weight is 285 g/mol. The lowest BCUT2D eigenvalue weighted by Gasteiger charge is -2.25. The number of aromatic nitrogens is 2. The molecule has 1 atom stereocenters. The second-order valence-electron chi connectivity index (χ2n) is 4.85. The zero-order chi connectivity index (χ0) is 15.1. The van der Waals surface area contributed by atoms with E-state index in [1.807, 2.05) is 6.07 Å². The van der Waals surface area contributed by atoms with Crippen molar-refractivity contribution in [1.29, 1.82) is 5.26 Å². The smallest absolute Gasteiger partial charge is 0.328 e. The number of nitrogens with zero attached hydrogens (tertiary/aromatic N) is 2. The van der Waals surface area contributed by atoms with Gasteiger partial charge in [-0.25, -0.2) is 4.79 Å². The molecule has 1 N–H and O–H groups in total. The van der Waals surface area contributed by atoms with Gasteiger partial charge >= 0.3 is 17.1 Å². The lowest BCUT2D eigenvalue weighted by Crippen LogP contribution is -2.42. The molecule has 1 aliphatic heterocycles. The van der Waals surface area contributed by atoms with Crippen LogP contribution in [0.15, 0.2) is 21.7 Å². The Morgan fingerprint density at radius 3 is 2.90 bits per heavy atom. The van der Waals surface area contributed by atoms with Crippen LogP contribution in [0.3, 0.4) is 0 Å². The Morgan fingerprint density at radius 2 is 2.24 bits per heavy atom. The number of ether oxygens (including phenoxy) is 1. The maximum atomic E-state index is 12.1. The number of rotatable bonds is 1. The summed E-state index contributed by atoms with van der Waals surface area (Å²) < 4.78 is 5.89. The van der Waals surface area contributed by atoms with E-state index >= 15 is 0 Å². The predicted octanol–water partition coefficient (Wildman–Crippen LogP) is 0.222. The molecule has 7 heteroatoms. The maximum Gasteiger partial charge on any atom is 0.328 e. The molecule has 3 rings (SSSR count). The minimum absolute atomic E-state index is 0.354. The normalized spacial score (nSPS) is 16.5. The Hall–Kier alpha value is -2.88. The number of hydrogen-bond acceptors (Lipinski definition) is 5. The third-order valence-electron chi connectivity index (χ3n) is 3.69. The van der Waals surface area contributed by atoms with Crippen LogP contribution >= 0.6 is 0 Å². The highest BCUT2D eigenvalue weighted by molar-refractivity contribution is 5.84. The molecule has 0 saturated carbocycles. The second-order valence-corrected chi connectivity index (χ2v) is 4.85. The van der Waals surface area contributed by atoms with Crippen LogP contribution in [0.1, 0.15) is 23.6 Å². The van der Waals surface area contributed by atoms with Crippen molar-refractivity contribution in [2.45, 2.75) is 18.9 Å². The number of nitrogens with one attached hydrogen (secondary N) is 1. The monoisotopic (exact) mass is 285 g/mol. The van der Waals surface area contributed by atoms with E-state index in [-0.39, 0.29) is 0 Å². The molecule has 21 heavy (non-hydrogen) atoms. The molecule has 2 aromatic rings. The fourth-order valence-corrected chi connectivity index (χ4v) is 2.79. The van der Waals surface area contributed by atoms with Crippen LogP contribution < -0.4 is 11.1 Å². The summed E-state index contributed by atoms with van der Waals surface area (Å²) in [7, 11) is 1.24. The quantitative estimate of drug-likeness (QED) is 0.596. The van der Waals surface area contributed by atoms with Crippen molar-refractivity contribution in [3.63, 3.8) is 0 Å². The van der Waals surface area contributed by atoms with Gasteiger partial charge in [0.25, 0.3) is 0 Å². The number of H-pyrrole nitrogens is 1. The van der Waals surface area contributed by atoms with Crippen molar-refractivity contribution in [2.75, 3.05) is 7.11 Å². The Balaban J connectivity index is 2.46. The van der Waals surface area contributed by atoms with E-state index in [1.54, 1.807) is 6.07 Å². The number of aryl methyl sites for hydroxylation is 1. The van der Waals surface area contributed by atoms with Gasteiger partial charge in [-0.3, -0.25) is 14.2 Å². The Labute approximate surface area is 118 Å². The van der Waals surface area contributed by atoms with E-state index in [4.69, 9.17) is 10.00 Å². The molecule has 0 fully saturated rings. The number of carbonyl (C=O) groups is 1. The summed E-state index contributed by atoms with van der Waals surface area (Å²) in [5, 5.41) is 9.02. The number of hydrogen-bond donors (Lipinski definition) is 1. The van der Waals surface area contributed by atoms with Crippen molar-refractivity contribution >= 4 is 17.0 Å². The molecular weight excluding hydrogens is 274 g/mol. The topological polar surface area (TPSA) is 105 Å². The minimum Gasteiger partial charge on any atom is -0.467 e. The molecule has 0 saturated heterocycles. The summed E-state index contributed by atoms with van der Waals surface area (Å²) >= 11 is 0. The lowest BCUT2D eigenvalue weighted by molar-refractivity contribution is -0.144. The summed E-state index contributed by atoms with van der Waals surface area (Å²) in [6.07, 6.45) is 0.879. The molecule has 2 heterocycles. The highest BCUT2D eigenvalue weighted by atomic mass is 16.5. The van der Waals surface area contributed by atoms with Crippen LogP contribution in [0.2, 0.25) is 0 Å². The fourth-order valence-electron chi connectivity index (χ4n) is 2.79. The van der Waals surface area contributed by atoms with Gasteiger partial charge in [0.1, 0.15) is 6.04 Å². The average Bonchev–Trinajstić information content (AvgIpc) is 2.50. The van der Waals surface area contributed by atoms with E-state index in [2.05, 4.69) is 4.98 Å². The molecule has 0 radical (unpaired) electrons. The molecule has 7 nitrogen and oxygen atoms in total.